The van der Waals surface area contributed by atoms with Crippen LogP contribution in [0.3, 0.4) is 0 Å². The van der Waals surface area contributed by atoms with Crippen molar-refractivity contribution >= 4 is 47.5 Å². The normalized spacial score (nSPS) is 20.6. The van der Waals surface area contributed by atoms with Gasteiger partial charge in [0.2, 0.25) is 0 Å². The van der Waals surface area contributed by atoms with Crippen LogP contribution in [0.1, 0.15) is 51.2 Å². The maximum absolute atomic E-state index is 11.9. The number of ether oxygens (including phenoxy) is 1. The van der Waals surface area contributed by atoms with Gasteiger partial charge < -0.3 is 20.5 Å². The Hall–Kier alpha value is -1.06. The summed E-state index contributed by atoms with van der Waals surface area (Å²) in [5.74, 6) is 0.590. The van der Waals surface area contributed by atoms with Gasteiger partial charge in [-0.2, -0.15) is 0 Å². The molecule has 1 saturated carbocycles. The minimum absolute atomic E-state index is 0. The summed E-state index contributed by atoms with van der Waals surface area (Å²) in [6.07, 6.45) is 2.66. The van der Waals surface area contributed by atoms with Crippen LogP contribution in [0.25, 0.3) is 0 Å². The van der Waals surface area contributed by atoms with Gasteiger partial charge in [-0.3, -0.25) is 9.79 Å². The predicted octanol–water partition coefficient (Wildman–Crippen LogP) is 3.67. The molecule has 0 bridgehead atoms. The first-order chi connectivity index (χ1) is 13.0. The molecule has 0 saturated heterocycles. The van der Waals surface area contributed by atoms with Crippen LogP contribution in [0, 0.1) is 5.92 Å². The van der Waals surface area contributed by atoms with Crippen LogP contribution in [0.4, 0.5) is 0 Å². The van der Waals surface area contributed by atoms with E-state index in [4.69, 9.17) is 16.3 Å². The average molecular weight is 524 g/mol. The lowest BCUT2D eigenvalue weighted by Gasteiger charge is -2.29. The highest BCUT2D eigenvalue weighted by Crippen LogP contribution is 2.25. The number of esters is 1. The summed E-state index contributed by atoms with van der Waals surface area (Å²) in [5, 5.41) is 17.5. The van der Waals surface area contributed by atoms with E-state index in [1.165, 1.54) is 0 Å². The molecule has 0 amide bonds. The Labute approximate surface area is 189 Å². The number of rotatable bonds is 7. The molecule has 158 valence electrons. The second kappa shape index (κ2) is 13.2. The Morgan fingerprint density at radius 1 is 1.29 bits per heavy atom. The van der Waals surface area contributed by atoms with Crippen molar-refractivity contribution in [2.24, 2.45) is 10.9 Å². The molecule has 3 N–H and O–H groups in total. The number of benzene rings is 1. The maximum atomic E-state index is 11.9. The van der Waals surface area contributed by atoms with Gasteiger partial charge in [0, 0.05) is 23.2 Å². The van der Waals surface area contributed by atoms with E-state index in [2.05, 4.69) is 15.6 Å². The largest absolute Gasteiger partial charge is 0.466 e. The number of aliphatic hydroxyl groups excluding tert-OH is 1. The van der Waals surface area contributed by atoms with E-state index in [1.54, 1.807) is 12.1 Å². The lowest BCUT2D eigenvalue weighted by Crippen LogP contribution is -2.45. The van der Waals surface area contributed by atoms with Crippen molar-refractivity contribution in [3.05, 3.63) is 34.9 Å². The highest BCUT2D eigenvalue weighted by Gasteiger charge is 2.27. The third kappa shape index (κ3) is 7.75. The second-order valence-corrected chi connectivity index (χ2v) is 7.11. The summed E-state index contributed by atoms with van der Waals surface area (Å²) in [6, 6.07) is 7.50. The third-order valence-corrected chi connectivity index (χ3v) is 5.06. The Kier molecular flexibility index (Phi) is 11.8. The maximum Gasteiger partial charge on any atom is 0.308 e. The van der Waals surface area contributed by atoms with Gasteiger partial charge in [-0.1, -0.05) is 29.8 Å². The first kappa shape index (κ1) is 25.0. The minimum atomic E-state index is -0.756. The zero-order valence-electron chi connectivity index (χ0n) is 16.5. The number of aliphatic hydroxyl groups is 1. The van der Waals surface area contributed by atoms with Gasteiger partial charge in [0.05, 0.1) is 19.1 Å². The fraction of sp³-hybridized carbons (Fsp3) is 0.600. The predicted molar refractivity (Wildman–Crippen MR) is 123 cm³/mol. The van der Waals surface area contributed by atoms with E-state index in [0.717, 1.165) is 32.2 Å². The fourth-order valence-electron chi connectivity index (χ4n) is 3.27. The zero-order valence-corrected chi connectivity index (χ0v) is 19.6. The van der Waals surface area contributed by atoms with Gasteiger partial charge >= 0.3 is 5.97 Å². The summed E-state index contributed by atoms with van der Waals surface area (Å²) in [5.41, 5.74) is 0.675. The molecule has 1 fully saturated rings. The van der Waals surface area contributed by atoms with Crippen LogP contribution < -0.4 is 10.6 Å². The van der Waals surface area contributed by atoms with Crippen molar-refractivity contribution in [1.82, 2.24) is 10.6 Å². The molecule has 0 heterocycles. The molecule has 28 heavy (non-hydrogen) atoms. The number of carbonyl (C=O) groups is 1. The topological polar surface area (TPSA) is 83.0 Å². The van der Waals surface area contributed by atoms with Crippen LogP contribution in [0.15, 0.2) is 29.3 Å². The summed E-state index contributed by atoms with van der Waals surface area (Å²) in [6.45, 7) is 5.21. The average Bonchev–Trinajstić information content (AvgIpc) is 2.67. The smallest absolute Gasteiger partial charge is 0.308 e. The van der Waals surface area contributed by atoms with Crippen LogP contribution in [-0.2, 0) is 9.53 Å². The van der Waals surface area contributed by atoms with Gasteiger partial charge in [0.25, 0.3) is 0 Å². The molecule has 6 nitrogen and oxygen atoms in total. The van der Waals surface area contributed by atoms with Crippen LogP contribution in [0.2, 0.25) is 5.02 Å². The fourth-order valence-corrected chi connectivity index (χ4v) is 3.53. The standard InChI is InChI=1S/C20H30ClN3O3.HI/c1-3-22-20(23-13-18(25)16-7-5-6-8-17(16)21)24-15-11-9-14(10-12-15)19(26)27-4-2;/h5-8,14-15,18,25H,3-4,9-13H2,1-2H3,(H2,22,23,24);1H. The van der Waals surface area contributed by atoms with Gasteiger partial charge in [0.15, 0.2) is 5.96 Å². The van der Waals surface area contributed by atoms with E-state index in [0.29, 0.717) is 23.2 Å². The Bertz CT molecular complexity index is 637. The van der Waals surface area contributed by atoms with E-state index < -0.39 is 6.10 Å². The number of guanidine groups is 1. The van der Waals surface area contributed by atoms with E-state index in [1.807, 2.05) is 26.0 Å². The molecular formula is C20H31ClIN3O3. The highest BCUT2D eigenvalue weighted by molar-refractivity contribution is 14.0. The monoisotopic (exact) mass is 523 g/mol. The van der Waals surface area contributed by atoms with E-state index in [9.17, 15) is 9.90 Å². The Morgan fingerprint density at radius 3 is 2.57 bits per heavy atom. The molecule has 0 aromatic heterocycles. The van der Waals surface area contributed by atoms with Crippen molar-refractivity contribution in [2.45, 2.75) is 51.7 Å². The van der Waals surface area contributed by atoms with Gasteiger partial charge in [0.1, 0.15) is 6.10 Å². The number of aliphatic imine (C=N–C) groups is 1. The highest BCUT2D eigenvalue weighted by atomic mass is 127. The summed E-state index contributed by atoms with van der Waals surface area (Å²) >= 11 is 6.14. The van der Waals surface area contributed by atoms with Gasteiger partial charge in [-0.15, -0.1) is 24.0 Å². The van der Waals surface area contributed by atoms with Crippen molar-refractivity contribution in [3.63, 3.8) is 0 Å². The molecule has 0 radical (unpaired) electrons. The Balaban J connectivity index is 0.00000392. The molecule has 1 aliphatic rings. The lowest BCUT2D eigenvalue weighted by atomic mass is 9.86. The molecule has 1 atom stereocenters. The molecule has 8 heteroatoms. The van der Waals surface area contributed by atoms with E-state index >= 15 is 0 Å². The Morgan fingerprint density at radius 2 is 1.96 bits per heavy atom. The molecule has 1 unspecified atom stereocenters. The summed E-state index contributed by atoms with van der Waals surface area (Å²) in [4.78, 5) is 16.4. The number of hydrogen-bond donors (Lipinski definition) is 3. The number of hydrogen-bond acceptors (Lipinski definition) is 4. The third-order valence-electron chi connectivity index (χ3n) is 4.72. The molecule has 0 aliphatic heterocycles. The van der Waals surface area contributed by atoms with Gasteiger partial charge in [-0.05, 0) is 45.6 Å². The van der Waals surface area contributed by atoms with Crippen LogP contribution >= 0.6 is 35.6 Å². The molecular weight excluding hydrogens is 493 g/mol. The first-order valence-corrected chi connectivity index (χ1v) is 10.1. The number of nitrogens with zero attached hydrogens (tertiary/aromatic N) is 1. The summed E-state index contributed by atoms with van der Waals surface area (Å²) in [7, 11) is 0. The van der Waals surface area contributed by atoms with E-state index in [-0.39, 0.29) is 48.5 Å². The molecule has 0 spiro atoms. The minimum Gasteiger partial charge on any atom is -0.466 e. The SMILES string of the molecule is CCNC(=NCC(O)c1ccccc1Cl)NC1CCC(C(=O)OCC)CC1.I. The van der Waals surface area contributed by atoms with Crippen molar-refractivity contribution in [1.29, 1.82) is 0 Å². The molecule has 2 rings (SSSR count). The van der Waals surface area contributed by atoms with Gasteiger partial charge in [-0.25, -0.2) is 0 Å². The molecule has 1 aromatic rings. The van der Waals surface area contributed by atoms with Crippen molar-refractivity contribution < 1.29 is 14.6 Å². The molecule has 1 aromatic carbocycles. The van der Waals surface area contributed by atoms with Crippen molar-refractivity contribution in [2.75, 3.05) is 19.7 Å². The second-order valence-electron chi connectivity index (χ2n) is 6.70. The zero-order chi connectivity index (χ0) is 19.6. The summed E-state index contributed by atoms with van der Waals surface area (Å²) < 4.78 is 5.12. The number of halogens is 2. The quantitative estimate of drug-likeness (QED) is 0.220. The van der Waals surface area contributed by atoms with Crippen LogP contribution in [0.5, 0.6) is 0 Å². The van der Waals surface area contributed by atoms with Crippen molar-refractivity contribution in [3.8, 4) is 0 Å². The lowest BCUT2D eigenvalue weighted by molar-refractivity contribution is -0.149. The number of nitrogens with one attached hydrogen (secondary N) is 2. The van der Waals surface area contributed by atoms with Crippen LogP contribution in [-0.4, -0.2) is 42.8 Å². The molecule has 1 aliphatic carbocycles. The first-order valence-electron chi connectivity index (χ1n) is 9.69. The number of carbonyl (C=O) groups excluding carboxylic acids is 1.